The fraction of sp³-hybridized carbons (Fsp3) is 0.417. The van der Waals surface area contributed by atoms with Gasteiger partial charge in [-0.1, -0.05) is 19.6 Å². The van der Waals surface area contributed by atoms with Gasteiger partial charge in [0.15, 0.2) is 0 Å². The van der Waals surface area contributed by atoms with Crippen LogP contribution in [0.15, 0.2) is 25.3 Å². The van der Waals surface area contributed by atoms with Crippen LogP contribution in [-0.2, 0) is 14.4 Å². The molecule has 4 N–H and O–H groups in total. The summed E-state index contributed by atoms with van der Waals surface area (Å²) in [5.74, 6) is -1.43. The number of primary amides is 1. The van der Waals surface area contributed by atoms with Crippen molar-refractivity contribution in [3.63, 3.8) is 0 Å². The van der Waals surface area contributed by atoms with Crippen LogP contribution in [0, 0.1) is 0 Å². The maximum absolute atomic E-state index is 10.6. The van der Waals surface area contributed by atoms with E-state index in [0.717, 1.165) is 18.9 Å². The number of carboxylic acids is 1. The van der Waals surface area contributed by atoms with E-state index >= 15 is 0 Å². The summed E-state index contributed by atoms with van der Waals surface area (Å²) >= 11 is 0. The van der Waals surface area contributed by atoms with E-state index in [1.54, 1.807) is 0 Å². The molecule has 2 amide bonds. The molecule has 6 heteroatoms. The molecule has 0 aliphatic carbocycles. The van der Waals surface area contributed by atoms with Crippen molar-refractivity contribution in [3.8, 4) is 0 Å². The number of rotatable bonds is 8. The summed E-state index contributed by atoms with van der Waals surface area (Å²) in [7, 11) is 0. The number of aliphatic carboxylic acids is 1. The first kappa shape index (κ1) is 18.3. The first-order chi connectivity index (χ1) is 8.43. The molecule has 102 valence electrons. The zero-order chi connectivity index (χ0) is 14.4. The molecule has 0 fully saturated rings. The maximum atomic E-state index is 10.6. The minimum Gasteiger partial charge on any atom is -0.481 e. The zero-order valence-corrected chi connectivity index (χ0v) is 10.4. The summed E-state index contributed by atoms with van der Waals surface area (Å²) in [4.78, 5) is 30.2. The SMILES string of the molecule is C=CC(=O)NCCCCCC(=O)O.C=CC(N)=O. The number of carboxylic acid groups (broad SMARTS) is 1. The lowest BCUT2D eigenvalue weighted by Crippen LogP contribution is -2.21. The molecule has 0 rings (SSSR count). The molecule has 0 spiro atoms. The Bertz CT molecular complexity index is 300. The number of carbonyl (C=O) groups excluding carboxylic acids is 2. The largest absolute Gasteiger partial charge is 0.481 e. The lowest BCUT2D eigenvalue weighted by molar-refractivity contribution is -0.137. The molecule has 0 unspecified atom stereocenters. The van der Waals surface area contributed by atoms with Gasteiger partial charge >= 0.3 is 5.97 Å². The highest BCUT2D eigenvalue weighted by molar-refractivity contribution is 5.86. The van der Waals surface area contributed by atoms with Gasteiger partial charge in [-0.05, 0) is 25.0 Å². The van der Waals surface area contributed by atoms with Crippen LogP contribution >= 0.6 is 0 Å². The first-order valence-corrected chi connectivity index (χ1v) is 5.48. The molecule has 0 bridgehead atoms. The Hall–Kier alpha value is -2.11. The predicted molar refractivity (Wildman–Crippen MR) is 68.7 cm³/mol. The topological polar surface area (TPSA) is 109 Å². The second-order valence-corrected chi connectivity index (χ2v) is 3.31. The van der Waals surface area contributed by atoms with Crippen LogP contribution in [0.3, 0.4) is 0 Å². The highest BCUT2D eigenvalue weighted by Gasteiger charge is 1.96. The normalized spacial score (nSPS) is 8.44. The molecule has 0 aromatic rings. The molecule has 0 heterocycles. The Morgan fingerprint density at radius 2 is 1.67 bits per heavy atom. The van der Waals surface area contributed by atoms with Gasteiger partial charge in [0.05, 0.1) is 0 Å². The summed E-state index contributed by atoms with van der Waals surface area (Å²) in [5.41, 5.74) is 4.53. The molecular weight excluding hydrogens is 236 g/mol. The van der Waals surface area contributed by atoms with Gasteiger partial charge in [0.25, 0.3) is 0 Å². The Kier molecular flexibility index (Phi) is 13.1. The molecule has 6 nitrogen and oxygen atoms in total. The lowest BCUT2D eigenvalue weighted by atomic mass is 10.2. The standard InChI is InChI=1S/C9H15NO3.C3H5NO/c1-2-8(11)10-7-5-3-4-6-9(12)13;1-2-3(4)5/h2H,1,3-7H2,(H,10,11)(H,12,13);2H,1H2,(H2,4,5). The maximum Gasteiger partial charge on any atom is 0.303 e. The summed E-state index contributed by atoms with van der Waals surface area (Å²) in [6, 6.07) is 0. The van der Waals surface area contributed by atoms with Crippen molar-refractivity contribution in [1.82, 2.24) is 5.32 Å². The highest BCUT2D eigenvalue weighted by Crippen LogP contribution is 1.98. The van der Waals surface area contributed by atoms with Crippen molar-refractivity contribution in [1.29, 1.82) is 0 Å². The second-order valence-electron chi connectivity index (χ2n) is 3.31. The molecule has 0 aliphatic heterocycles. The molecule has 0 aromatic heterocycles. The van der Waals surface area contributed by atoms with Crippen molar-refractivity contribution in [2.45, 2.75) is 25.7 Å². The van der Waals surface area contributed by atoms with Crippen LogP contribution in [-0.4, -0.2) is 29.4 Å². The fourth-order valence-corrected chi connectivity index (χ4v) is 0.862. The van der Waals surface area contributed by atoms with Gasteiger partial charge in [0.1, 0.15) is 0 Å². The monoisotopic (exact) mass is 256 g/mol. The highest BCUT2D eigenvalue weighted by atomic mass is 16.4. The third-order valence-corrected chi connectivity index (χ3v) is 1.75. The van der Waals surface area contributed by atoms with Gasteiger partial charge in [-0.25, -0.2) is 0 Å². The third-order valence-electron chi connectivity index (χ3n) is 1.75. The van der Waals surface area contributed by atoms with Crippen LogP contribution in [0.1, 0.15) is 25.7 Å². The summed E-state index contributed by atoms with van der Waals surface area (Å²) in [6.45, 7) is 6.98. The van der Waals surface area contributed by atoms with Crippen LogP contribution < -0.4 is 11.1 Å². The van der Waals surface area contributed by atoms with Crippen LogP contribution in [0.5, 0.6) is 0 Å². The Balaban J connectivity index is 0. The average molecular weight is 256 g/mol. The van der Waals surface area contributed by atoms with Crippen molar-refractivity contribution in [3.05, 3.63) is 25.3 Å². The van der Waals surface area contributed by atoms with E-state index in [4.69, 9.17) is 5.11 Å². The molecule has 0 saturated heterocycles. The van der Waals surface area contributed by atoms with Crippen molar-refractivity contribution >= 4 is 17.8 Å². The molecule has 0 saturated carbocycles. The predicted octanol–water partition coefficient (Wildman–Crippen LogP) is 0.591. The number of hydrogen-bond donors (Lipinski definition) is 3. The third kappa shape index (κ3) is 19.5. The Labute approximate surface area is 107 Å². The molecule has 0 aliphatic rings. The van der Waals surface area contributed by atoms with E-state index in [1.165, 1.54) is 6.08 Å². The minimum atomic E-state index is -0.768. The van der Waals surface area contributed by atoms with Gasteiger partial charge in [-0.2, -0.15) is 0 Å². The molecule has 0 aromatic carbocycles. The smallest absolute Gasteiger partial charge is 0.303 e. The number of unbranched alkanes of at least 4 members (excludes halogenated alkanes) is 2. The first-order valence-electron chi connectivity index (χ1n) is 5.48. The van der Waals surface area contributed by atoms with E-state index in [2.05, 4.69) is 24.2 Å². The van der Waals surface area contributed by atoms with Gasteiger partial charge in [-0.15, -0.1) is 0 Å². The molecule has 0 radical (unpaired) electrons. The molecule has 0 atom stereocenters. The zero-order valence-electron chi connectivity index (χ0n) is 10.4. The summed E-state index contributed by atoms with van der Waals surface area (Å²) < 4.78 is 0. The summed E-state index contributed by atoms with van der Waals surface area (Å²) in [6.07, 6.45) is 4.78. The molecular formula is C12H20N2O4. The number of carbonyl (C=O) groups is 3. The van der Waals surface area contributed by atoms with Crippen molar-refractivity contribution in [2.75, 3.05) is 6.54 Å². The van der Waals surface area contributed by atoms with Gasteiger partial charge in [0.2, 0.25) is 11.8 Å². The minimum absolute atomic E-state index is 0.182. The van der Waals surface area contributed by atoms with E-state index in [-0.39, 0.29) is 12.3 Å². The second kappa shape index (κ2) is 13.0. The quantitative estimate of drug-likeness (QED) is 0.436. The van der Waals surface area contributed by atoms with Crippen LogP contribution in [0.2, 0.25) is 0 Å². The number of nitrogens with one attached hydrogen (secondary N) is 1. The number of nitrogens with two attached hydrogens (primary N) is 1. The lowest BCUT2D eigenvalue weighted by Gasteiger charge is -2.00. The van der Waals surface area contributed by atoms with Gasteiger partial charge in [-0.3, -0.25) is 14.4 Å². The van der Waals surface area contributed by atoms with Crippen LogP contribution in [0.25, 0.3) is 0 Å². The van der Waals surface area contributed by atoms with Crippen LogP contribution in [0.4, 0.5) is 0 Å². The fourth-order valence-electron chi connectivity index (χ4n) is 0.862. The van der Waals surface area contributed by atoms with E-state index in [0.29, 0.717) is 13.0 Å². The van der Waals surface area contributed by atoms with Gasteiger partial charge in [0, 0.05) is 13.0 Å². The van der Waals surface area contributed by atoms with Crippen molar-refractivity contribution < 1.29 is 19.5 Å². The summed E-state index contributed by atoms with van der Waals surface area (Å²) in [5, 5.41) is 10.9. The molecule has 18 heavy (non-hydrogen) atoms. The van der Waals surface area contributed by atoms with Crippen molar-refractivity contribution in [2.24, 2.45) is 5.73 Å². The number of amides is 2. The van der Waals surface area contributed by atoms with E-state index in [9.17, 15) is 14.4 Å². The Morgan fingerprint density at radius 1 is 1.11 bits per heavy atom. The van der Waals surface area contributed by atoms with E-state index in [1.807, 2.05) is 0 Å². The van der Waals surface area contributed by atoms with Gasteiger partial charge < -0.3 is 16.2 Å². The average Bonchev–Trinajstić information content (AvgIpc) is 2.33. The van der Waals surface area contributed by atoms with E-state index < -0.39 is 11.9 Å². The Morgan fingerprint density at radius 3 is 2.06 bits per heavy atom. The number of hydrogen-bond acceptors (Lipinski definition) is 3.